The van der Waals surface area contributed by atoms with Crippen LogP contribution in [0.4, 0.5) is 0 Å². The predicted molar refractivity (Wildman–Crippen MR) is 86.6 cm³/mol. The van der Waals surface area contributed by atoms with Gasteiger partial charge in [-0.25, -0.2) is 0 Å². The Balaban J connectivity index is 2.19. The molecule has 2 aromatic carbocycles. The van der Waals surface area contributed by atoms with E-state index in [1.54, 1.807) is 19.2 Å². The first-order valence-corrected chi connectivity index (χ1v) is 7.28. The third kappa shape index (κ3) is 4.27. The fourth-order valence-corrected chi connectivity index (χ4v) is 2.31. The van der Waals surface area contributed by atoms with Crippen LogP contribution in [0, 0.1) is 0 Å². The van der Waals surface area contributed by atoms with Crippen molar-refractivity contribution in [1.82, 2.24) is 5.32 Å². The summed E-state index contributed by atoms with van der Waals surface area (Å²) in [6, 6.07) is 11.1. The molecule has 2 aromatic rings. The number of ether oxygens (including phenoxy) is 2. The summed E-state index contributed by atoms with van der Waals surface area (Å²) in [6.07, 6.45) is 0. The zero-order chi connectivity index (χ0) is 15.2. The van der Waals surface area contributed by atoms with Crippen LogP contribution in [0.5, 0.6) is 11.5 Å². The summed E-state index contributed by atoms with van der Waals surface area (Å²) in [5, 5.41) is 4.39. The second-order valence-corrected chi connectivity index (χ2v) is 5.37. The Morgan fingerprint density at radius 3 is 2.57 bits per heavy atom. The van der Waals surface area contributed by atoms with Gasteiger partial charge in [-0.3, -0.25) is 0 Å². The van der Waals surface area contributed by atoms with Crippen molar-refractivity contribution in [1.29, 1.82) is 0 Å². The molecule has 0 amide bonds. The molecule has 0 aromatic heterocycles. The number of benzene rings is 2. The Morgan fingerprint density at radius 2 is 1.86 bits per heavy atom. The summed E-state index contributed by atoms with van der Waals surface area (Å²) < 4.78 is 11.1. The monoisotopic (exact) mass is 325 g/mol. The van der Waals surface area contributed by atoms with Crippen molar-refractivity contribution in [3.63, 3.8) is 0 Å². The maximum atomic E-state index is 6.15. The van der Waals surface area contributed by atoms with Crippen molar-refractivity contribution in [2.75, 3.05) is 14.2 Å². The van der Waals surface area contributed by atoms with Crippen LogP contribution in [0.2, 0.25) is 10.0 Å². The van der Waals surface area contributed by atoms with E-state index in [0.717, 1.165) is 22.6 Å². The molecule has 0 aliphatic heterocycles. The van der Waals surface area contributed by atoms with Gasteiger partial charge < -0.3 is 14.8 Å². The van der Waals surface area contributed by atoms with Gasteiger partial charge in [0.15, 0.2) is 0 Å². The molecule has 0 spiro atoms. The number of hydrogen-bond acceptors (Lipinski definition) is 3. The van der Waals surface area contributed by atoms with E-state index in [1.165, 1.54) is 0 Å². The highest BCUT2D eigenvalue weighted by atomic mass is 35.5. The van der Waals surface area contributed by atoms with E-state index < -0.39 is 0 Å². The van der Waals surface area contributed by atoms with Gasteiger partial charge in [0.05, 0.1) is 7.11 Å². The summed E-state index contributed by atoms with van der Waals surface area (Å²) in [4.78, 5) is 0. The fourth-order valence-electron chi connectivity index (χ4n) is 1.94. The van der Waals surface area contributed by atoms with Crippen LogP contribution in [0.15, 0.2) is 36.4 Å². The van der Waals surface area contributed by atoms with E-state index in [2.05, 4.69) is 5.32 Å². The van der Waals surface area contributed by atoms with Gasteiger partial charge in [-0.2, -0.15) is 0 Å². The largest absolute Gasteiger partial charge is 0.497 e. The Labute approximate surface area is 134 Å². The quantitative estimate of drug-likeness (QED) is 0.858. The van der Waals surface area contributed by atoms with Crippen molar-refractivity contribution < 1.29 is 9.47 Å². The average Bonchev–Trinajstić information content (AvgIpc) is 2.49. The van der Waals surface area contributed by atoms with Crippen LogP contribution < -0.4 is 14.8 Å². The van der Waals surface area contributed by atoms with Crippen LogP contribution in [0.3, 0.4) is 0 Å². The summed E-state index contributed by atoms with van der Waals surface area (Å²) in [7, 11) is 3.52. The molecule has 3 nitrogen and oxygen atoms in total. The molecule has 0 aliphatic rings. The van der Waals surface area contributed by atoms with Gasteiger partial charge in [-0.1, -0.05) is 29.3 Å². The van der Waals surface area contributed by atoms with E-state index in [0.29, 0.717) is 23.2 Å². The number of halogens is 2. The average molecular weight is 326 g/mol. The number of rotatable bonds is 6. The predicted octanol–water partition coefficient (Wildman–Crippen LogP) is 4.30. The molecule has 0 fully saturated rings. The normalized spacial score (nSPS) is 10.5. The lowest BCUT2D eigenvalue weighted by Gasteiger charge is -2.13. The lowest BCUT2D eigenvalue weighted by molar-refractivity contribution is 0.300. The van der Waals surface area contributed by atoms with Crippen molar-refractivity contribution in [2.45, 2.75) is 13.2 Å². The third-order valence-electron chi connectivity index (χ3n) is 3.03. The van der Waals surface area contributed by atoms with E-state index in [-0.39, 0.29) is 0 Å². The second kappa shape index (κ2) is 7.55. The maximum Gasteiger partial charge on any atom is 0.127 e. The summed E-state index contributed by atoms with van der Waals surface area (Å²) in [6.45, 7) is 1.06. The lowest BCUT2D eigenvalue weighted by Crippen LogP contribution is -2.08. The first-order valence-electron chi connectivity index (χ1n) is 6.52. The molecule has 0 aliphatic carbocycles. The minimum absolute atomic E-state index is 0.350. The van der Waals surface area contributed by atoms with Crippen LogP contribution in [0.1, 0.15) is 11.1 Å². The summed E-state index contributed by atoms with van der Waals surface area (Å²) in [5.41, 5.74) is 1.90. The standard InChI is InChI=1S/C16H17Cl2NO2/c1-19-9-11-3-5-14(20-2)8-16(11)21-10-12-7-13(17)4-6-15(12)18/h3-8,19H,9-10H2,1-2H3. The Hall–Kier alpha value is -1.42. The third-order valence-corrected chi connectivity index (χ3v) is 3.64. The first kappa shape index (κ1) is 16.0. The zero-order valence-corrected chi connectivity index (χ0v) is 13.5. The smallest absolute Gasteiger partial charge is 0.127 e. The molecule has 1 N–H and O–H groups in total. The molecule has 0 saturated carbocycles. The topological polar surface area (TPSA) is 30.5 Å². The highest BCUT2D eigenvalue weighted by Crippen LogP contribution is 2.27. The van der Waals surface area contributed by atoms with E-state index in [4.69, 9.17) is 32.7 Å². The van der Waals surface area contributed by atoms with Gasteiger partial charge in [0.25, 0.3) is 0 Å². The van der Waals surface area contributed by atoms with Crippen molar-refractivity contribution in [2.24, 2.45) is 0 Å². The molecular formula is C16H17Cl2NO2. The molecule has 0 radical (unpaired) electrons. The van der Waals surface area contributed by atoms with Gasteiger partial charge >= 0.3 is 0 Å². The second-order valence-electron chi connectivity index (χ2n) is 4.53. The lowest BCUT2D eigenvalue weighted by atomic mass is 10.2. The fraction of sp³-hybridized carbons (Fsp3) is 0.250. The number of hydrogen-bond donors (Lipinski definition) is 1. The Bertz CT molecular complexity index is 617. The molecule has 0 unspecified atom stereocenters. The van der Waals surface area contributed by atoms with Gasteiger partial charge in [0.2, 0.25) is 0 Å². The molecule has 21 heavy (non-hydrogen) atoms. The van der Waals surface area contributed by atoms with Crippen LogP contribution >= 0.6 is 23.2 Å². The first-order chi connectivity index (χ1) is 10.1. The minimum Gasteiger partial charge on any atom is -0.497 e. The van der Waals surface area contributed by atoms with Crippen LogP contribution in [0.25, 0.3) is 0 Å². The van der Waals surface area contributed by atoms with Gasteiger partial charge in [-0.05, 0) is 31.3 Å². The van der Waals surface area contributed by atoms with Gasteiger partial charge in [0.1, 0.15) is 18.1 Å². The van der Waals surface area contributed by atoms with E-state index in [1.807, 2.05) is 31.3 Å². The van der Waals surface area contributed by atoms with Crippen molar-refractivity contribution >= 4 is 23.2 Å². The Morgan fingerprint density at radius 1 is 1.05 bits per heavy atom. The van der Waals surface area contributed by atoms with Gasteiger partial charge in [-0.15, -0.1) is 0 Å². The summed E-state index contributed by atoms with van der Waals surface area (Å²) >= 11 is 12.1. The molecule has 2 rings (SSSR count). The van der Waals surface area contributed by atoms with E-state index in [9.17, 15) is 0 Å². The molecule has 5 heteroatoms. The van der Waals surface area contributed by atoms with Gasteiger partial charge in [0, 0.05) is 33.8 Å². The van der Waals surface area contributed by atoms with Crippen LogP contribution in [-0.2, 0) is 13.2 Å². The number of methoxy groups -OCH3 is 1. The summed E-state index contributed by atoms with van der Waals surface area (Å²) in [5.74, 6) is 1.52. The molecule has 0 heterocycles. The van der Waals surface area contributed by atoms with Crippen molar-refractivity contribution in [3.05, 3.63) is 57.6 Å². The van der Waals surface area contributed by atoms with Crippen LogP contribution in [-0.4, -0.2) is 14.2 Å². The molecular weight excluding hydrogens is 309 g/mol. The highest BCUT2D eigenvalue weighted by molar-refractivity contribution is 6.33. The molecule has 0 saturated heterocycles. The number of nitrogens with one attached hydrogen (secondary N) is 1. The minimum atomic E-state index is 0.350. The highest BCUT2D eigenvalue weighted by Gasteiger charge is 2.08. The maximum absolute atomic E-state index is 6.15. The van der Waals surface area contributed by atoms with Crippen molar-refractivity contribution in [3.8, 4) is 11.5 Å². The Kier molecular flexibility index (Phi) is 5.74. The zero-order valence-electron chi connectivity index (χ0n) is 12.0. The molecule has 0 bridgehead atoms. The SMILES string of the molecule is CNCc1ccc(OC)cc1OCc1cc(Cl)ccc1Cl. The molecule has 0 atom stereocenters. The van der Waals surface area contributed by atoms with E-state index >= 15 is 0 Å². The molecule has 112 valence electrons.